The molecule has 1 atom stereocenters. The fourth-order valence-electron chi connectivity index (χ4n) is 1.98. The summed E-state index contributed by atoms with van der Waals surface area (Å²) in [5.41, 5.74) is 0.926. The predicted molar refractivity (Wildman–Crippen MR) is 65.0 cm³/mol. The summed E-state index contributed by atoms with van der Waals surface area (Å²) in [6, 6.07) is 7.43. The van der Waals surface area contributed by atoms with E-state index >= 15 is 0 Å². The van der Waals surface area contributed by atoms with Crippen LogP contribution >= 0.6 is 11.6 Å². The van der Waals surface area contributed by atoms with Crippen LogP contribution in [0.15, 0.2) is 28.8 Å². The summed E-state index contributed by atoms with van der Waals surface area (Å²) in [6.07, 6.45) is 1.06. The van der Waals surface area contributed by atoms with Crippen LogP contribution in [0.1, 0.15) is 18.2 Å². The first-order valence-electron chi connectivity index (χ1n) is 5.63. The second-order valence-electron chi connectivity index (χ2n) is 4.15. The van der Waals surface area contributed by atoms with Gasteiger partial charge in [-0.15, -0.1) is 0 Å². The lowest BCUT2D eigenvalue weighted by Crippen LogP contribution is -2.08. The molecule has 1 fully saturated rings. The molecule has 0 spiro atoms. The van der Waals surface area contributed by atoms with Gasteiger partial charge in [0.2, 0.25) is 11.7 Å². The molecule has 0 radical (unpaired) electrons. The summed E-state index contributed by atoms with van der Waals surface area (Å²) >= 11 is 5.84. The standard InChI is InChI=1S/C12H12ClN3O/c13-10-3-1-8(2-4-10)11-15-12(17-16-11)9-5-6-14-7-9/h1-4,9,14H,5-7H2. The molecule has 1 N–H and O–H groups in total. The van der Waals surface area contributed by atoms with Gasteiger partial charge in [-0.05, 0) is 37.2 Å². The van der Waals surface area contributed by atoms with E-state index in [1.807, 2.05) is 24.3 Å². The van der Waals surface area contributed by atoms with Crippen molar-refractivity contribution in [2.75, 3.05) is 13.1 Å². The number of nitrogens with one attached hydrogen (secondary N) is 1. The van der Waals surface area contributed by atoms with Crippen LogP contribution < -0.4 is 5.32 Å². The molecule has 0 saturated carbocycles. The summed E-state index contributed by atoms with van der Waals surface area (Å²) in [6.45, 7) is 1.94. The normalized spacial score (nSPS) is 19.7. The Morgan fingerprint density at radius 1 is 1.29 bits per heavy atom. The van der Waals surface area contributed by atoms with Crippen LogP contribution in [-0.4, -0.2) is 23.2 Å². The minimum absolute atomic E-state index is 0.351. The maximum atomic E-state index is 5.84. The van der Waals surface area contributed by atoms with Gasteiger partial charge in [-0.2, -0.15) is 4.98 Å². The first-order valence-corrected chi connectivity index (χ1v) is 6.01. The molecule has 1 aliphatic rings. The Morgan fingerprint density at radius 3 is 2.82 bits per heavy atom. The molecule has 0 amide bonds. The maximum Gasteiger partial charge on any atom is 0.231 e. The maximum absolute atomic E-state index is 5.84. The molecule has 5 heteroatoms. The second-order valence-corrected chi connectivity index (χ2v) is 4.59. The lowest BCUT2D eigenvalue weighted by molar-refractivity contribution is 0.359. The van der Waals surface area contributed by atoms with Crippen molar-refractivity contribution in [1.29, 1.82) is 0 Å². The van der Waals surface area contributed by atoms with Gasteiger partial charge in [0, 0.05) is 17.1 Å². The van der Waals surface area contributed by atoms with E-state index in [1.54, 1.807) is 0 Å². The van der Waals surface area contributed by atoms with Crippen LogP contribution in [-0.2, 0) is 0 Å². The Morgan fingerprint density at radius 2 is 2.12 bits per heavy atom. The van der Waals surface area contributed by atoms with Crippen LogP contribution in [0.3, 0.4) is 0 Å². The molecule has 1 aromatic carbocycles. The van der Waals surface area contributed by atoms with Crippen molar-refractivity contribution in [2.24, 2.45) is 0 Å². The lowest BCUT2D eigenvalue weighted by atomic mass is 10.1. The second kappa shape index (κ2) is 4.47. The first kappa shape index (κ1) is 10.7. The zero-order valence-electron chi connectivity index (χ0n) is 9.19. The number of hydrogen-bond donors (Lipinski definition) is 1. The average Bonchev–Trinajstić information content (AvgIpc) is 3.00. The van der Waals surface area contributed by atoms with Gasteiger partial charge < -0.3 is 9.84 Å². The topological polar surface area (TPSA) is 51.0 Å². The molecule has 0 bridgehead atoms. The van der Waals surface area contributed by atoms with Crippen molar-refractivity contribution in [1.82, 2.24) is 15.5 Å². The highest BCUT2D eigenvalue weighted by atomic mass is 35.5. The molecular formula is C12H12ClN3O. The molecular weight excluding hydrogens is 238 g/mol. The van der Waals surface area contributed by atoms with Crippen molar-refractivity contribution in [3.63, 3.8) is 0 Å². The van der Waals surface area contributed by atoms with E-state index < -0.39 is 0 Å². The number of hydrogen-bond acceptors (Lipinski definition) is 4. The first-order chi connectivity index (χ1) is 8.33. The van der Waals surface area contributed by atoms with Gasteiger partial charge in [0.25, 0.3) is 0 Å². The molecule has 1 saturated heterocycles. The Balaban J connectivity index is 1.86. The van der Waals surface area contributed by atoms with Gasteiger partial charge in [-0.3, -0.25) is 0 Å². The highest BCUT2D eigenvalue weighted by molar-refractivity contribution is 6.30. The number of benzene rings is 1. The third-order valence-corrected chi connectivity index (χ3v) is 3.21. The van der Waals surface area contributed by atoms with E-state index in [1.165, 1.54) is 0 Å². The molecule has 17 heavy (non-hydrogen) atoms. The average molecular weight is 250 g/mol. The fourth-order valence-corrected chi connectivity index (χ4v) is 2.11. The summed E-state index contributed by atoms with van der Waals surface area (Å²) < 4.78 is 5.30. The Hall–Kier alpha value is -1.39. The van der Waals surface area contributed by atoms with Crippen LogP contribution in [0.2, 0.25) is 5.02 Å². The van der Waals surface area contributed by atoms with Crippen molar-refractivity contribution in [2.45, 2.75) is 12.3 Å². The number of halogens is 1. The largest absolute Gasteiger partial charge is 0.339 e. The van der Waals surface area contributed by atoms with Crippen molar-refractivity contribution < 1.29 is 4.52 Å². The van der Waals surface area contributed by atoms with Gasteiger partial charge in [0.1, 0.15) is 0 Å². The van der Waals surface area contributed by atoms with Gasteiger partial charge in [-0.25, -0.2) is 0 Å². The third kappa shape index (κ3) is 2.18. The van der Waals surface area contributed by atoms with Crippen LogP contribution in [0.5, 0.6) is 0 Å². The lowest BCUT2D eigenvalue weighted by Gasteiger charge is -1.98. The van der Waals surface area contributed by atoms with Crippen molar-refractivity contribution in [3.8, 4) is 11.4 Å². The monoisotopic (exact) mass is 249 g/mol. The van der Waals surface area contributed by atoms with Crippen molar-refractivity contribution >= 4 is 11.6 Å². The summed E-state index contributed by atoms with van der Waals surface area (Å²) in [7, 11) is 0. The van der Waals surface area contributed by atoms with E-state index in [-0.39, 0.29) is 0 Å². The minimum Gasteiger partial charge on any atom is -0.339 e. The third-order valence-electron chi connectivity index (χ3n) is 2.95. The Labute approximate surface area is 104 Å². The molecule has 0 aliphatic carbocycles. The predicted octanol–water partition coefficient (Wildman–Crippen LogP) is 2.47. The molecule has 1 aliphatic heterocycles. The zero-order valence-corrected chi connectivity index (χ0v) is 9.94. The van der Waals surface area contributed by atoms with E-state index in [4.69, 9.17) is 16.1 Å². The van der Waals surface area contributed by atoms with E-state index in [2.05, 4.69) is 15.5 Å². The molecule has 1 unspecified atom stereocenters. The van der Waals surface area contributed by atoms with Crippen LogP contribution in [0.25, 0.3) is 11.4 Å². The molecule has 2 aromatic rings. The van der Waals surface area contributed by atoms with Gasteiger partial charge in [-0.1, -0.05) is 16.8 Å². The summed E-state index contributed by atoms with van der Waals surface area (Å²) in [4.78, 5) is 4.43. The number of aromatic nitrogens is 2. The van der Waals surface area contributed by atoms with Crippen LogP contribution in [0, 0.1) is 0 Å². The fraction of sp³-hybridized carbons (Fsp3) is 0.333. The van der Waals surface area contributed by atoms with Crippen LogP contribution in [0.4, 0.5) is 0 Å². The molecule has 4 nitrogen and oxygen atoms in total. The van der Waals surface area contributed by atoms with Gasteiger partial charge in [0.05, 0.1) is 5.92 Å². The van der Waals surface area contributed by atoms with Gasteiger partial charge in [0.15, 0.2) is 0 Å². The molecule has 2 heterocycles. The number of nitrogens with zero attached hydrogens (tertiary/aromatic N) is 2. The smallest absolute Gasteiger partial charge is 0.231 e. The highest BCUT2D eigenvalue weighted by Crippen LogP contribution is 2.24. The molecule has 3 rings (SSSR count). The SMILES string of the molecule is Clc1ccc(-c2noc(C3CCNC3)n2)cc1. The highest BCUT2D eigenvalue weighted by Gasteiger charge is 2.22. The Kier molecular flexibility index (Phi) is 2.82. The molecule has 88 valence electrons. The van der Waals surface area contributed by atoms with E-state index in [0.717, 1.165) is 31.0 Å². The Bertz CT molecular complexity index is 503. The van der Waals surface area contributed by atoms with E-state index in [0.29, 0.717) is 16.8 Å². The summed E-state index contributed by atoms with van der Waals surface area (Å²) in [5, 5.41) is 7.99. The van der Waals surface area contributed by atoms with Gasteiger partial charge >= 0.3 is 0 Å². The van der Waals surface area contributed by atoms with E-state index in [9.17, 15) is 0 Å². The quantitative estimate of drug-likeness (QED) is 0.888. The minimum atomic E-state index is 0.351. The summed E-state index contributed by atoms with van der Waals surface area (Å²) in [5.74, 6) is 1.70. The van der Waals surface area contributed by atoms with Crippen molar-refractivity contribution in [3.05, 3.63) is 35.2 Å². The number of rotatable bonds is 2. The zero-order chi connectivity index (χ0) is 11.7. The molecule has 1 aromatic heterocycles.